The molecule has 11 nitrogen and oxygen atoms in total. The molecule has 0 atom stereocenters. The molecule has 0 amide bonds. The van der Waals surface area contributed by atoms with Crippen molar-refractivity contribution in [1.82, 2.24) is 9.97 Å². The fourth-order valence-corrected chi connectivity index (χ4v) is 5.89. The number of halogens is 2. The van der Waals surface area contributed by atoms with Gasteiger partial charge in [0.15, 0.2) is 22.9 Å². The van der Waals surface area contributed by atoms with E-state index in [1.54, 1.807) is 44.2 Å². The van der Waals surface area contributed by atoms with Gasteiger partial charge in [-0.15, -0.1) is 0 Å². The zero-order valence-corrected chi connectivity index (χ0v) is 26.7. The highest BCUT2D eigenvalue weighted by atomic mass is 35.7. The molecular formula is C29H25Cl2N3O8S2. The Bertz CT molecular complexity index is 2130. The molecule has 0 aliphatic rings. The number of esters is 1. The molecule has 5 aromatic rings. The van der Waals surface area contributed by atoms with Crippen molar-refractivity contribution in [2.75, 3.05) is 11.8 Å². The van der Waals surface area contributed by atoms with E-state index in [1.165, 1.54) is 31.4 Å². The van der Waals surface area contributed by atoms with Crippen LogP contribution in [0.5, 0.6) is 0 Å². The Morgan fingerprint density at radius 2 is 1.50 bits per heavy atom. The fraction of sp³-hybridized carbons (Fsp3) is 0.207. The van der Waals surface area contributed by atoms with Crippen LogP contribution >= 0.6 is 22.3 Å². The van der Waals surface area contributed by atoms with E-state index < -0.39 is 19.1 Å². The molecule has 3 aromatic carbocycles. The number of nitrogens with zero attached hydrogens (tertiary/aromatic N) is 2. The Kier molecular flexibility index (Phi) is 10.2. The molecule has 2 heterocycles. The van der Waals surface area contributed by atoms with Gasteiger partial charge in [-0.1, -0.05) is 23.4 Å². The third-order valence-corrected chi connectivity index (χ3v) is 8.83. The monoisotopic (exact) mass is 677 g/mol. The lowest BCUT2D eigenvalue weighted by Gasteiger charge is -2.10. The van der Waals surface area contributed by atoms with Gasteiger partial charge >= 0.3 is 5.97 Å². The van der Waals surface area contributed by atoms with Crippen LogP contribution in [0.2, 0.25) is 5.02 Å². The molecule has 0 unspecified atom stereocenters. The number of hydrogen-bond donors (Lipinski definition) is 1. The summed E-state index contributed by atoms with van der Waals surface area (Å²) in [6.07, 6.45) is 1.26. The molecule has 0 spiro atoms. The van der Waals surface area contributed by atoms with E-state index in [4.69, 9.17) is 31.1 Å². The minimum Gasteiger partial charge on any atom is -0.469 e. The van der Waals surface area contributed by atoms with Gasteiger partial charge in [-0.05, 0) is 48.9 Å². The van der Waals surface area contributed by atoms with Crippen LogP contribution < -0.4 is 4.72 Å². The standard InChI is InChI=1S/C21H19ClN2O5S.C8H6ClNO3S/c1-14-23-19-11-9-17(13-20(19)29-14)30(26,27)24-18-10-8-16(22)12-15(18)6-4-3-5-7-21(25)28-2;1-5-10-7-3-2-6(14(9,11)12)4-8(7)13-5/h8-13,24H,3,5,7H2,1-2H3;2-4H,1H3. The first-order valence-corrected chi connectivity index (χ1v) is 17.0. The van der Waals surface area contributed by atoms with E-state index >= 15 is 0 Å². The molecule has 1 N–H and O–H groups in total. The van der Waals surface area contributed by atoms with Gasteiger partial charge in [-0.3, -0.25) is 9.52 Å². The Morgan fingerprint density at radius 3 is 2.09 bits per heavy atom. The minimum atomic E-state index is -3.89. The van der Waals surface area contributed by atoms with Gasteiger partial charge in [0.2, 0.25) is 0 Å². The highest BCUT2D eigenvalue weighted by Gasteiger charge is 2.18. The van der Waals surface area contributed by atoms with Crippen molar-refractivity contribution < 1.29 is 35.2 Å². The van der Waals surface area contributed by atoms with E-state index in [9.17, 15) is 21.6 Å². The molecular weight excluding hydrogens is 653 g/mol. The normalized spacial score (nSPS) is 11.4. The summed E-state index contributed by atoms with van der Waals surface area (Å²) in [7, 11) is -1.08. The predicted molar refractivity (Wildman–Crippen MR) is 166 cm³/mol. The molecule has 44 heavy (non-hydrogen) atoms. The summed E-state index contributed by atoms with van der Waals surface area (Å²) < 4.78 is 65.4. The highest BCUT2D eigenvalue weighted by Crippen LogP contribution is 2.26. The number of nitrogens with one attached hydrogen (secondary N) is 1. The van der Waals surface area contributed by atoms with Crippen LogP contribution in [0.15, 0.2) is 73.2 Å². The van der Waals surface area contributed by atoms with Crippen LogP contribution in [-0.4, -0.2) is 39.9 Å². The molecule has 0 saturated carbocycles. The second-order valence-corrected chi connectivity index (χ2v) is 13.9. The van der Waals surface area contributed by atoms with Crippen molar-refractivity contribution in [2.24, 2.45) is 0 Å². The molecule has 230 valence electrons. The van der Waals surface area contributed by atoms with Gasteiger partial charge in [0.25, 0.3) is 19.1 Å². The maximum atomic E-state index is 12.9. The molecule has 0 saturated heterocycles. The van der Waals surface area contributed by atoms with Gasteiger partial charge in [-0.2, -0.15) is 0 Å². The summed E-state index contributed by atoms with van der Waals surface area (Å²) in [6, 6.07) is 13.5. The SMILES string of the molecule is COC(=O)CCCC#Cc1cc(Cl)ccc1NS(=O)(=O)c1ccc2nc(C)oc2c1.Cc1nc2ccc(S(=O)(=O)Cl)cc2o1. The van der Waals surface area contributed by atoms with E-state index in [-0.39, 0.29) is 22.2 Å². The van der Waals surface area contributed by atoms with Crippen molar-refractivity contribution in [2.45, 2.75) is 42.9 Å². The number of benzene rings is 3. The number of hydrogen-bond acceptors (Lipinski definition) is 10. The maximum absolute atomic E-state index is 12.9. The summed E-state index contributed by atoms with van der Waals surface area (Å²) in [4.78, 5) is 19.4. The van der Waals surface area contributed by atoms with Gasteiger partial charge in [0.1, 0.15) is 11.0 Å². The number of oxazole rings is 2. The molecule has 0 radical (unpaired) electrons. The van der Waals surface area contributed by atoms with Crippen molar-refractivity contribution in [3.8, 4) is 11.8 Å². The number of carbonyl (C=O) groups is 1. The number of aryl methyl sites for hydroxylation is 2. The van der Waals surface area contributed by atoms with Gasteiger partial charge in [0, 0.05) is 54.5 Å². The lowest BCUT2D eigenvalue weighted by atomic mass is 10.1. The van der Waals surface area contributed by atoms with Crippen LogP contribution in [0.1, 0.15) is 36.6 Å². The largest absolute Gasteiger partial charge is 0.469 e. The molecule has 0 fully saturated rings. The summed E-state index contributed by atoms with van der Waals surface area (Å²) in [5.74, 6) is 6.48. The molecule has 15 heteroatoms. The predicted octanol–water partition coefficient (Wildman–Crippen LogP) is 6.35. The molecule has 0 aliphatic carbocycles. The Balaban J connectivity index is 0.000000262. The Morgan fingerprint density at radius 1 is 0.909 bits per heavy atom. The van der Waals surface area contributed by atoms with Crippen molar-refractivity contribution in [1.29, 1.82) is 0 Å². The average Bonchev–Trinajstić information content (AvgIpc) is 3.53. The van der Waals surface area contributed by atoms with Crippen LogP contribution in [0, 0.1) is 25.7 Å². The van der Waals surface area contributed by atoms with Gasteiger partial charge in [0.05, 0.1) is 28.2 Å². The van der Waals surface area contributed by atoms with E-state index in [0.29, 0.717) is 63.1 Å². The first kappa shape index (κ1) is 32.8. The Hall–Kier alpha value is -4.09. The smallest absolute Gasteiger partial charge is 0.305 e. The maximum Gasteiger partial charge on any atom is 0.305 e. The molecule has 0 bridgehead atoms. The number of unbranched alkanes of at least 4 members (excludes halogenated alkanes) is 1. The number of rotatable bonds is 7. The fourth-order valence-electron chi connectivity index (χ4n) is 3.85. The number of carbonyl (C=O) groups excluding carboxylic acids is 1. The third-order valence-electron chi connectivity index (χ3n) is 5.88. The molecule has 2 aromatic heterocycles. The lowest BCUT2D eigenvalue weighted by molar-refractivity contribution is -0.140. The van der Waals surface area contributed by atoms with Crippen LogP contribution in [0.3, 0.4) is 0 Å². The Labute approximate surface area is 263 Å². The first-order valence-electron chi connectivity index (χ1n) is 12.8. The number of methoxy groups -OCH3 is 1. The third kappa shape index (κ3) is 8.51. The molecule has 5 rings (SSSR count). The second-order valence-electron chi connectivity index (χ2n) is 9.19. The zero-order chi connectivity index (χ0) is 32.1. The number of anilines is 1. The quantitative estimate of drug-likeness (QED) is 0.0890. The van der Waals surface area contributed by atoms with Crippen LogP contribution in [0.25, 0.3) is 22.2 Å². The van der Waals surface area contributed by atoms with Crippen molar-refractivity contribution >= 4 is 75.2 Å². The zero-order valence-electron chi connectivity index (χ0n) is 23.6. The number of sulfonamides is 1. The first-order chi connectivity index (χ1) is 20.7. The number of fused-ring (bicyclic) bond motifs is 2. The van der Waals surface area contributed by atoms with E-state index in [0.717, 1.165) is 0 Å². The summed E-state index contributed by atoms with van der Waals surface area (Å²) in [5, 5.41) is 0.426. The van der Waals surface area contributed by atoms with E-state index in [2.05, 4.69) is 31.3 Å². The highest BCUT2D eigenvalue weighted by molar-refractivity contribution is 8.13. The summed E-state index contributed by atoms with van der Waals surface area (Å²) in [6.45, 7) is 3.38. The number of ether oxygens (including phenoxy) is 1. The summed E-state index contributed by atoms with van der Waals surface area (Å²) in [5.41, 5.74) is 2.73. The minimum absolute atomic E-state index is 0.0165. The second kappa shape index (κ2) is 13.7. The molecule has 0 aliphatic heterocycles. The van der Waals surface area contributed by atoms with Crippen molar-refractivity contribution in [3.63, 3.8) is 0 Å². The van der Waals surface area contributed by atoms with Gasteiger partial charge < -0.3 is 13.6 Å². The van der Waals surface area contributed by atoms with Crippen molar-refractivity contribution in [3.05, 3.63) is 77.0 Å². The topological polar surface area (TPSA) is 159 Å². The lowest BCUT2D eigenvalue weighted by Crippen LogP contribution is -2.13. The van der Waals surface area contributed by atoms with Crippen LogP contribution in [-0.2, 0) is 28.6 Å². The van der Waals surface area contributed by atoms with Crippen LogP contribution in [0.4, 0.5) is 5.69 Å². The average molecular weight is 679 g/mol. The summed E-state index contributed by atoms with van der Waals surface area (Å²) >= 11 is 6.05. The number of aromatic nitrogens is 2. The van der Waals surface area contributed by atoms with Gasteiger partial charge in [-0.25, -0.2) is 26.8 Å². The van der Waals surface area contributed by atoms with E-state index in [1.807, 2.05) is 0 Å².